The zero-order valence-corrected chi connectivity index (χ0v) is 20.1. The van der Waals surface area contributed by atoms with Crippen molar-refractivity contribution in [2.24, 2.45) is 0 Å². The number of ether oxygens (including phenoxy) is 1. The second kappa shape index (κ2) is 10.5. The smallest absolute Gasteiger partial charge is 0.251 e. The number of piperazine rings is 1. The summed E-state index contributed by atoms with van der Waals surface area (Å²) in [5.41, 5.74) is 3.23. The van der Waals surface area contributed by atoms with Crippen molar-refractivity contribution in [1.29, 1.82) is 0 Å². The van der Waals surface area contributed by atoms with Crippen LogP contribution in [0.4, 0.5) is 0 Å². The number of carbonyl (C=O) groups excluding carboxylic acids is 1. The summed E-state index contributed by atoms with van der Waals surface area (Å²) < 4.78 is 32.3. The summed E-state index contributed by atoms with van der Waals surface area (Å²) in [4.78, 5) is 14.9. The lowest BCUT2D eigenvalue weighted by Gasteiger charge is -2.31. The normalized spacial score (nSPS) is 16.5. The van der Waals surface area contributed by atoms with Gasteiger partial charge in [-0.1, -0.05) is 31.2 Å². The maximum atomic E-state index is 12.8. The lowest BCUT2D eigenvalue weighted by molar-refractivity contribution is 0.0935. The van der Waals surface area contributed by atoms with Gasteiger partial charge in [0.05, 0.1) is 18.9 Å². The van der Waals surface area contributed by atoms with Gasteiger partial charge in [-0.25, -0.2) is 8.42 Å². The van der Waals surface area contributed by atoms with E-state index in [-0.39, 0.29) is 17.7 Å². The summed E-state index contributed by atoms with van der Waals surface area (Å²) in [5, 5.41) is 3.08. The van der Waals surface area contributed by atoms with Gasteiger partial charge < -0.3 is 15.0 Å². The number of benzene rings is 2. The van der Waals surface area contributed by atoms with Crippen LogP contribution in [0.2, 0.25) is 0 Å². The van der Waals surface area contributed by atoms with Crippen molar-refractivity contribution in [2.45, 2.75) is 32.1 Å². The van der Waals surface area contributed by atoms with Crippen molar-refractivity contribution in [3.8, 4) is 5.75 Å². The maximum absolute atomic E-state index is 12.8. The van der Waals surface area contributed by atoms with E-state index < -0.39 is 10.0 Å². The molecule has 32 heavy (non-hydrogen) atoms. The van der Waals surface area contributed by atoms with Crippen LogP contribution in [0.5, 0.6) is 5.75 Å². The van der Waals surface area contributed by atoms with Gasteiger partial charge in [0.15, 0.2) is 0 Å². The van der Waals surface area contributed by atoms with Crippen molar-refractivity contribution in [1.82, 2.24) is 14.5 Å². The highest BCUT2D eigenvalue weighted by Gasteiger charge is 2.26. The number of carbonyl (C=O) groups is 1. The molecule has 0 spiro atoms. The second-order valence-electron chi connectivity index (χ2n) is 8.32. The molecule has 2 aromatic rings. The van der Waals surface area contributed by atoms with Crippen molar-refractivity contribution < 1.29 is 17.9 Å². The summed E-state index contributed by atoms with van der Waals surface area (Å²) in [7, 11) is 0.267. The third-order valence-electron chi connectivity index (χ3n) is 5.96. The minimum absolute atomic E-state index is 0.0542. The summed E-state index contributed by atoms with van der Waals surface area (Å²) in [6, 6.07) is 12.6. The Morgan fingerprint density at radius 1 is 1.09 bits per heavy atom. The Kier molecular flexibility index (Phi) is 7.92. The highest BCUT2D eigenvalue weighted by atomic mass is 32.2. The fourth-order valence-electron chi connectivity index (χ4n) is 3.90. The summed E-state index contributed by atoms with van der Waals surface area (Å²) in [6.45, 7) is 6.52. The second-order valence-corrected chi connectivity index (χ2v) is 10.3. The van der Waals surface area contributed by atoms with E-state index in [9.17, 15) is 13.2 Å². The van der Waals surface area contributed by atoms with Gasteiger partial charge in [-0.15, -0.1) is 0 Å². The molecule has 1 atom stereocenters. The molecule has 1 saturated heterocycles. The van der Waals surface area contributed by atoms with E-state index in [2.05, 4.69) is 10.2 Å². The first-order valence-corrected chi connectivity index (χ1v) is 12.5. The number of methoxy groups -OCH3 is 1. The third-order valence-corrected chi connectivity index (χ3v) is 7.81. The average molecular weight is 460 g/mol. The number of hydrogen-bond acceptors (Lipinski definition) is 5. The van der Waals surface area contributed by atoms with Crippen molar-refractivity contribution in [2.75, 3.05) is 40.3 Å². The fraction of sp³-hybridized carbons (Fsp3) is 0.458. The number of nitrogens with one attached hydrogen (secondary N) is 1. The summed E-state index contributed by atoms with van der Waals surface area (Å²) in [6.07, 6.45) is 0.749. The Bertz CT molecular complexity index is 1030. The van der Waals surface area contributed by atoms with E-state index in [0.29, 0.717) is 24.2 Å². The molecule has 7 nitrogen and oxygen atoms in total. The van der Waals surface area contributed by atoms with Gasteiger partial charge >= 0.3 is 0 Å². The number of rotatable bonds is 8. The van der Waals surface area contributed by atoms with E-state index in [4.69, 9.17) is 4.74 Å². The zero-order valence-electron chi connectivity index (χ0n) is 19.3. The molecule has 3 rings (SSSR count). The quantitative estimate of drug-likeness (QED) is 0.657. The molecule has 0 aliphatic carbocycles. The van der Waals surface area contributed by atoms with Gasteiger partial charge in [0.1, 0.15) is 5.75 Å². The van der Waals surface area contributed by atoms with E-state index in [1.165, 1.54) is 0 Å². The minimum atomic E-state index is -3.37. The summed E-state index contributed by atoms with van der Waals surface area (Å²) >= 11 is 0. The van der Waals surface area contributed by atoms with Crippen molar-refractivity contribution >= 4 is 15.9 Å². The molecule has 2 aromatic carbocycles. The molecule has 0 bridgehead atoms. The van der Waals surface area contributed by atoms with E-state index in [1.807, 2.05) is 39.1 Å². The van der Waals surface area contributed by atoms with Crippen LogP contribution in [0.25, 0.3) is 0 Å². The number of likely N-dealkylation sites (N-methyl/N-ethyl adjacent to an activating group) is 1. The number of aryl methyl sites for hydroxylation is 1. The Labute approximate surface area is 191 Å². The lowest BCUT2D eigenvalue weighted by Crippen LogP contribution is -2.47. The third kappa shape index (κ3) is 5.88. The zero-order chi connectivity index (χ0) is 23.3. The molecule has 1 aliphatic heterocycles. The number of amides is 1. The Morgan fingerprint density at radius 2 is 1.75 bits per heavy atom. The predicted molar refractivity (Wildman–Crippen MR) is 126 cm³/mol. The van der Waals surface area contributed by atoms with Crippen molar-refractivity contribution in [3.05, 3.63) is 64.7 Å². The topological polar surface area (TPSA) is 79.0 Å². The number of sulfonamides is 1. The van der Waals surface area contributed by atoms with Crippen LogP contribution in [0.15, 0.2) is 42.5 Å². The predicted octanol–water partition coefficient (Wildman–Crippen LogP) is 2.96. The van der Waals surface area contributed by atoms with Gasteiger partial charge in [-0.3, -0.25) is 4.79 Å². The molecule has 1 N–H and O–H groups in total. The van der Waals surface area contributed by atoms with Crippen LogP contribution in [0, 0.1) is 6.92 Å². The highest BCUT2D eigenvalue weighted by molar-refractivity contribution is 7.88. The molecule has 1 heterocycles. The van der Waals surface area contributed by atoms with Crippen LogP contribution < -0.4 is 10.1 Å². The molecule has 1 unspecified atom stereocenters. The van der Waals surface area contributed by atoms with Gasteiger partial charge in [0.25, 0.3) is 5.91 Å². The van der Waals surface area contributed by atoms with E-state index in [1.54, 1.807) is 35.7 Å². The first-order valence-electron chi connectivity index (χ1n) is 10.9. The monoisotopic (exact) mass is 459 g/mol. The Balaban J connectivity index is 1.64. The molecule has 8 heteroatoms. The molecule has 174 valence electrons. The Hall–Kier alpha value is -2.42. The molecular formula is C24H33N3O4S. The Morgan fingerprint density at radius 3 is 2.31 bits per heavy atom. The summed E-state index contributed by atoms with van der Waals surface area (Å²) in [5.74, 6) is 0.581. The van der Waals surface area contributed by atoms with Crippen LogP contribution in [-0.2, 0) is 15.8 Å². The fourth-order valence-corrected chi connectivity index (χ4v) is 5.42. The van der Waals surface area contributed by atoms with Gasteiger partial charge in [0, 0.05) is 31.7 Å². The molecular weight excluding hydrogens is 426 g/mol. The van der Waals surface area contributed by atoms with Gasteiger partial charge in [0.2, 0.25) is 10.0 Å². The number of nitrogens with zero attached hydrogens (tertiary/aromatic N) is 2. The first-order chi connectivity index (χ1) is 15.2. The molecule has 1 fully saturated rings. The SMILES string of the molecule is CCC(NC(=O)c1ccc(CS(=O)(=O)N2CCN(C)CC2)cc1)c1ccc(OC)c(C)c1. The van der Waals surface area contributed by atoms with Crippen molar-refractivity contribution in [3.63, 3.8) is 0 Å². The molecule has 0 saturated carbocycles. The van der Waals surface area contributed by atoms with Crippen LogP contribution in [0.3, 0.4) is 0 Å². The van der Waals surface area contributed by atoms with Crippen LogP contribution >= 0.6 is 0 Å². The van der Waals surface area contributed by atoms with Crippen LogP contribution in [-0.4, -0.2) is 63.9 Å². The molecule has 1 amide bonds. The van der Waals surface area contributed by atoms with E-state index >= 15 is 0 Å². The standard InChI is InChI=1S/C24H33N3O4S/c1-5-22(21-10-11-23(31-4)18(2)16-21)25-24(28)20-8-6-19(7-9-20)17-32(29,30)27-14-12-26(3)13-15-27/h6-11,16,22H,5,12-15,17H2,1-4H3,(H,25,28). The van der Waals surface area contributed by atoms with Crippen LogP contribution in [0.1, 0.15) is 46.4 Å². The maximum Gasteiger partial charge on any atom is 0.251 e. The average Bonchev–Trinajstić information content (AvgIpc) is 2.77. The minimum Gasteiger partial charge on any atom is -0.496 e. The molecule has 1 aliphatic rings. The lowest BCUT2D eigenvalue weighted by atomic mass is 10.0. The largest absolute Gasteiger partial charge is 0.496 e. The molecule has 0 aromatic heterocycles. The first kappa shape index (κ1) is 24.2. The van der Waals surface area contributed by atoms with Gasteiger partial charge in [-0.05, 0) is 55.3 Å². The van der Waals surface area contributed by atoms with E-state index in [0.717, 1.165) is 36.4 Å². The van der Waals surface area contributed by atoms with Gasteiger partial charge in [-0.2, -0.15) is 4.31 Å². The number of hydrogen-bond donors (Lipinski definition) is 1. The molecule has 0 radical (unpaired) electrons. The highest BCUT2D eigenvalue weighted by Crippen LogP contribution is 2.24.